The lowest BCUT2D eigenvalue weighted by atomic mass is 9.85. The number of ether oxygens (including phenoxy) is 1. The van der Waals surface area contributed by atoms with Crippen molar-refractivity contribution in [1.82, 2.24) is 4.90 Å². The largest absolute Gasteiger partial charge is 0.483 e. The van der Waals surface area contributed by atoms with Crippen LogP contribution in [0.3, 0.4) is 0 Å². The molecule has 5 heteroatoms. The first-order valence-corrected chi connectivity index (χ1v) is 9.51. The number of hydrogen-bond acceptors (Lipinski definition) is 3. The number of methoxy groups -OCH3 is 1. The summed E-state index contributed by atoms with van der Waals surface area (Å²) in [7, 11) is 1.59. The molecule has 1 saturated heterocycles. The monoisotopic (exact) mass is 406 g/mol. The maximum atomic E-state index is 12.6. The Labute approximate surface area is 158 Å². The van der Waals surface area contributed by atoms with Crippen molar-refractivity contribution < 1.29 is 9.53 Å². The molecule has 1 fully saturated rings. The molecule has 0 unspecified atom stereocenters. The Bertz CT molecular complexity index is 657. The molecule has 0 radical (unpaired) electrons. The number of nitrogens with two attached hydrogens (primary N) is 1. The van der Waals surface area contributed by atoms with Gasteiger partial charge in [0, 0.05) is 29.2 Å². The maximum Gasteiger partial charge on any atom is 0.253 e. The van der Waals surface area contributed by atoms with Gasteiger partial charge in [-0.1, -0.05) is 28.4 Å². The van der Waals surface area contributed by atoms with Gasteiger partial charge in [-0.15, -0.1) is 0 Å². The third-order valence-corrected chi connectivity index (χ3v) is 5.40. The van der Waals surface area contributed by atoms with Gasteiger partial charge in [-0.2, -0.15) is 0 Å². The number of benzene rings is 1. The number of allylic oxidation sites excluding steroid dienone is 3. The van der Waals surface area contributed by atoms with Crippen molar-refractivity contribution >= 4 is 21.8 Å². The first-order chi connectivity index (χ1) is 12.0. The lowest BCUT2D eigenvalue weighted by Crippen LogP contribution is -2.39. The zero-order chi connectivity index (χ0) is 18.4. The van der Waals surface area contributed by atoms with E-state index >= 15 is 0 Å². The van der Waals surface area contributed by atoms with Crippen LogP contribution in [0.4, 0.5) is 0 Å². The number of halogens is 1. The van der Waals surface area contributed by atoms with Gasteiger partial charge < -0.3 is 15.4 Å². The topological polar surface area (TPSA) is 55.6 Å². The number of carbonyl (C=O) groups is 1. The van der Waals surface area contributed by atoms with Crippen molar-refractivity contribution in [2.24, 2.45) is 11.7 Å². The molecule has 4 nitrogen and oxygen atoms in total. The molecule has 0 spiro atoms. The second kappa shape index (κ2) is 9.09. The molecule has 0 aliphatic carbocycles. The molecule has 1 heterocycles. The molecule has 1 amide bonds. The van der Waals surface area contributed by atoms with Gasteiger partial charge in [0.25, 0.3) is 5.91 Å². The Balaban J connectivity index is 2.07. The first-order valence-electron chi connectivity index (χ1n) is 8.71. The van der Waals surface area contributed by atoms with Crippen LogP contribution < -0.4 is 5.73 Å². The molecule has 0 aromatic heterocycles. The van der Waals surface area contributed by atoms with Crippen LogP contribution >= 0.6 is 15.9 Å². The van der Waals surface area contributed by atoms with Crippen LogP contribution in [0, 0.1) is 5.92 Å². The smallest absolute Gasteiger partial charge is 0.253 e. The van der Waals surface area contributed by atoms with Crippen LogP contribution in [-0.4, -0.2) is 31.0 Å². The molecule has 1 aromatic rings. The number of carbonyl (C=O) groups excluding carboxylic acids is 1. The van der Waals surface area contributed by atoms with E-state index in [1.165, 1.54) is 11.1 Å². The maximum absolute atomic E-state index is 12.6. The number of hydrogen-bond donors (Lipinski definition) is 1. The lowest BCUT2D eigenvalue weighted by Gasteiger charge is -2.33. The fraction of sp³-hybridized carbons (Fsp3) is 0.450. The van der Waals surface area contributed by atoms with Gasteiger partial charge in [-0.05, 0) is 61.9 Å². The standard InChI is InChI=1S/C20H27BrN2O2/c1-4-14(2)18(13-19(22)25-3)15-9-11-23(12-10-15)20(24)16-5-7-17(21)8-6-16/h5-8,13,15H,4,9-12,22H2,1-3H3/b18-14?,19-13-. The van der Waals surface area contributed by atoms with Gasteiger partial charge in [0.05, 0.1) is 7.11 Å². The number of rotatable bonds is 5. The SMILES string of the molecule is CCC(C)=C(/C=C(/N)OC)C1CCN(C(=O)c2ccc(Br)cc2)CC1. The average Bonchev–Trinajstić information content (AvgIpc) is 2.65. The van der Waals surface area contributed by atoms with Gasteiger partial charge in [0.2, 0.25) is 0 Å². The van der Waals surface area contributed by atoms with Crippen molar-refractivity contribution in [3.8, 4) is 0 Å². The Hall–Kier alpha value is -1.75. The lowest BCUT2D eigenvalue weighted by molar-refractivity contribution is 0.0702. The fourth-order valence-corrected chi connectivity index (χ4v) is 3.44. The molecule has 1 aromatic carbocycles. The fourth-order valence-electron chi connectivity index (χ4n) is 3.17. The summed E-state index contributed by atoms with van der Waals surface area (Å²) in [5.74, 6) is 0.967. The summed E-state index contributed by atoms with van der Waals surface area (Å²) in [6.07, 6.45) is 4.83. The minimum atomic E-state index is 0.107. The summed E-state index contributed by atoms with van der Waals surface area (Å²) in [6, 6.07) is 7.55. The molecule has 1 aliphatic rings. The third kappa shape index (κ3) is 5.11. The van der Waals surface area contributed by atoms with E-state index in [1.807, 2.05) is 35.2 Å². The predicted molar refractivity (Wildman–Crippen MR) is 105 cm³/mol. The molecule has 0 saturated carbocycles. The van der Waals surface area contributed by atoms with Gasteiger partial charge in [-0.25, -0.2) is 0 Å². The molecule has 0 atom stereocenters. The van der Waals surface area contributed by atoms with Crippen molar-refractivity contribution in [2.45, 2.75) is 33.1 Å². The number of likely N-dealkylation sites (tertiary alicyclic amines) is 1. The molecule has 2 N–H and O–H groups in total. The van der Waals surface area contributed by atoms with E-state index in [0.29, 0.717) is 11.8 Å². The summed E-state index contributed by atoms with van der Waals surface area (Å²) in [4.78, 5) is 14.6. The van der Waals surface area contributed by atoms with Crippen molar-refractivity contribution in [1.29, 1.82) is 0 Å². The molecule has 136 valence electrons. The Morgan fingerprint density at radius 2 is 1.92 bits per heavy atom. The van der Waals surface area contributed by atoms with Gasteiger partial charge in [0.15, 0.2) is 5.88 Å². The summed E-state index contributed by atoms with van der Waals surface area (Å²) in [6.45, 7) is 5.83. The Morgan fingerprint density at radius 3 is 2.44 bits per heavy atom. The zero-order valence-electron chi connectivity index (χ0n) is 15.2. The highest BCUT2D eigenvalue weighted by molar-refractivity contribution is 9.10. The Morgan fingerprint density at radius 1 is 1.32 bits per heavy atom. The quantitative estimate of drug-likeness (QED) is 0.579. The summed E-state index contributed by atoms with van der Waals surface area (Å²) in [5.41, 5.74) is 9.21. The minimum Gasteiger partial charge on any atom is -0.483 e. The summed E-state index contributed by atoms with van der Waals surface area (Å²) < 4.78 is 6.11. The third-order valence-electron chi connectivity index (χ3n) is 4.87. The molecular formula is C20H27BrN2O2. The zero-order valence-corrected chi connectivity index (χ0v) is 16.8. The highest BCUT2D eigenvalue weighted by Crippen LogP contribution is 2.30. The molecule has 0 bridgehead atoms. The summed E-state index contributed by atoms with van der Waals surface area (Å²) in [5, 5.41) is 0. The van der Waals surface area contributed by atoms with Crippen molar-refractivity contribution in [3.63, 3.8) is 0 Å². The number of nitrogens with zero attached hydrogens (tertiary/aromatic N) is 1. The van der Waals surface area contributed by atoms with Gasteiger partial charge in [-0.3, -0.25) is 4.79 Å². The molecular weight excluding hydrogens is 380 g/mol. The van der Waals surface area contributed by atoms with Crippen LogP contribution in [-0.2, 0) is 4.74 Å². The van der Waals surface area contributed by atoms with Crippen LogP contribution in [0.15, 0.2) is 51.8 Å². The minimum absolute atomic E-state index is 0.107. The molecule has 1 aliphatic heterocycles. The molecule has 25 heavy (non-hydrogen) atoms. The summed E-state index contributed by atoms with van der Waals surface area (Å²) >= 11 is 3.40. The van der Waals surface area contributed by atoms with Crippen LogP contribution in [0.5, 0.6) is 0 Å². The van der Waals surface area contributed by atoms with Crippen LogP contribution in [0.2, 0.25) is 0 Å². The van der Waals surface area contributed by atoms with Gasteiger partial charge in [0.1, 0.15) is 0 Å². The van der Waals surface area contributed by atoms with E-state index in [-0.39, 0.29) is 5.91 Å². The highest BCUT2D eigenvalue weighted by atomic mass is 79.9. The second-order valence-electron chi connectivity index (χ2n) is 6.41. The van der Waals surface area contributed by atoms with E-state index < -0.39 is 0 Å². The second-order valence-corrected chi connectivity index (χ2v) is 7.33. The van der Waals surface area contributed by atoms with E-state index in [2.05, 4.69) is 29.8 Å². The number of piperidine rings is 1. The van der Waals surface area contributed by atoms with E-state index in [4.69, 9.17) is 10.5 Å². The highest BCUT2D eigenvalue weighted by Gasteiger charge is 2.26. The van der Waals surface area contributed by atoms with Crippen molar-refractivity contribution in [2.75, 3.05) is 20.2 Å². The normalized spacial score (nSPS) is 17.3. The molecule has 2 rings (SSSR count). The van der Waals surface area contributed by atoms with Crippen molar-refractivity contribution in [3.05, 3.63) is 57.4 Å². The predicted octanol–water partition coefficient (Wildman–Crippen LogP) is 4.47. The van der Waals surface area contributed by atoms with E-state index in [9.17, 15) is 4.79 Å². The van der Waals surface area contributed by atoms with Gasteiger partial charge >= 0.3 is 0 Å². The van der Waals surface area contributed by atoms with Crippen LogP contribution in [0.1, 0.15) is 43.5 Å². The number of amides is 1. The van der Waals surface area contributed by atoms with E-state index in [0.717, 1.165) is 42.4 Å². The average molecular weight is 407 g/mol. The Kier molecular flexibility index (Phi) is 7.12. The van der Waals surface area contributed by atoms with E-state index in [1.54, 1.807) is 7.11 Å². The van der Waals surface area contributed by atoms with Crippen LogP contribution in [0.25, 0.3) is 0 Å². The first kappa shape index (κ1) is 19.6.